The lowest BCUT2D eigenvalue weighted by Crippen LogP contribution is -2.24. The van der Waals surface area contributed by atoms with Crippen molar-refractivity contribution >= 4 is 27.8 Å². The number of hydrogen-bond donors (Lipinski definition) is 1. The van der Waals surface area contributed by atoms with Gasteiger partial charge in [-0.3, -0.25) is 5.01 Å². The monoisotopic (exact) mass is 360 g/mol. The van der Waals surface area contributed by atoms with Gasteiger partial charge in [0.05, 0.1) is 23.5 Å². The Kier molecular flexibility index (Phi) is 4.34. The number of halogens is 1. The molecule has 0 spiro atoms. The average molecular weight is 361 g/mol. The Morgan fingerprint density at radius 2 is 2.14 bits per heavy atom. The lowest BCUT2D eigenvalue weighted by atomic mass is 10.0. The first-order valence-corrected chi connectivity index (χ1v) is 7.94. The highest BCUT2D eigenvalue weighted by Gasteiger charge is 2.15. The van der Waals surface area contributed by atoms with Crippen LogP contribution in [-0.4, -0.2) is 25.0 Å². The number of ether oxygens (including phenoxy) is 1. The van der Waals surface area contributed by atoms with Gasteiger partial charge >= 0.3 is 0 Å². The number of phenols is 1. The molecule has 0 saturated heterocycles. The maximum atomic E-state index is 10.1. The van der Waals surface area contributed by atoms with Gasteiger partial charge in [0.25, 0.3) is 0 Å². The maximum absolute atomic E-state index is 10.1. The van der Waals surface area contributed by atoms with Gasteiger partial charge in [-0.1, -0.05) is 18.2 Å². The Hall–Kier alpha value is -2.01. The minimum Gasteiger partial charge on any atom is -0.506 e. The van der Waals surface area contributed by atoms with E-state index in [-0.39, 0.29) is 5.75 Å². The fraction of sp³-hybridized carbons (Fsp3) is 0.235. The Labute approximate surface area is 138 Å². The smallest absolute Gasteiger partial charge is 0.138 e. The Balaban J connectivity index is 1.91. The van der Waals surface area contributed by atoms with Crippen LogP contribution < -0.4 is 9.75 Å². The summed E-state index contributed by atoms with van der Waals surface area (Å²) in [5.74, 6) is 0.833. The van der Waals surface area contributed by atoms with E-state index in [2.05, 4.69) is 39.2 Å². The zero-order valence-corrected chi connectivity index (χ0v) is 13.9. The molecule has 0 atom stereocenters. The third kappa shape index (κ3) is 2.95. The Morgan fingerprint density at radius 1 is 1.32 bits per heavy atom. The van der Waals surface area contributed by atoms with E-state index in [1.807, 2.05) is 11.1 Å². The standard InChI is InChI=1S/C17H17BrN2O2/c1-22-14-9-13(17(21)15(18)10-14)11-19-20-8-4-6-12-5-2-3-7-16(12)20/h2-3,5,7,9-11,21H,4,6,8H2,1H3. The fourth-order valence-corrected chi connectivity index (χ4v) is 3.03. The summed E-state index contributed by atoms with van der Waals surface area (Å²) in [5.41, 5.74) is 3.06. The van der Waals surface area contributed by atoms with Gasteiger partial charge < -0.3 is 9.84 Å². The minimum atomic E-state index is 0.162. The van der Waals surface area contributed by atoms with Crippen molar-refractivity contribution in [2.75, 3.05) is 18.7 Å². The van der Waals surface area contributed by atoms with E-state index in [1.165, 1.54) is 5.56 Å². The zero-order valence-electron chi connectivity index (χ0n) is 12.3. The van der Waals surface area contributed by atoms with Crippen molar-refractivity contribution in [2.45, 2.75) is 12.8 Å². The summed E-state index contributed by atoms with van der Waals surface area (Å²) >= 11 is 3.32. The minimum absolute atomic E-state index is 0.162. The molecule has 0 saturated carbocycles. The van der Waals surface area contributed by atoms with Gasteiger partial charge in [0, 0.05) is 12.1 Å². The summed E-state index contributed by atoms with van der Waals surface area (Å²) < 4.78 is 5.81. The second kappa shape index (κ2) is 6.40. The number of anilines is 1. The van der Waals surface area contributed by atoms with Gasteiger partial charge in [0.1, 0.15) is 11.5 Å². The lowest BCUT2D eigenvalue weighted by Gasteiger charge is -2.26. The van der Waals surface area contributed by atoms with Crippen molar-refractivity contribution in [3.8, 4) is 11.5 Å². The molecule has 114 valence electrons. The van der Waals surface area contributed by atoms with Gasteiger partial charge in [0.2, 0.25) is 0 Å². The molecular weight excluding hydrogens is 344 g/mol. The SMILES string of the molecule is COc1cc(Br)c(O)c(C=NN2CCCc3ccccc32)c1. The molecule has 3 rings (SSSR count). The highest BCUT2D eigenvalue weighted by molar-refractivity contribution is 9.10. The third-order valence-corrected chi connectivity index (χ3v) is 4.33. The largest absolute Gasteiger partial charge is 0.506 e. The highest BCUT2D eigenvalue weighted by atomic mass is 79.9. The van der Waals surface area contributed by atoms with E-state index in [4.69, 9.17) is 4.74 Å². The van der Waals surface area contributed by atoms with Crippen molar-refractivity contribution < 1.29 is 9.84 Å². The van der Waals surface area contributed by atoms with Crippen LogP contribution in [0.3, 0.4) is 0 Å². The molecule has 0 fully saturated rings. The lowest BCUT2D eigenvalue weighted by molar-refractivity contribution is 0.411. The van der Waals surface area contributed by atoms with Crippen LogP contribution >= 0.6 is 15.9 Å². The van der Waals surface area contributed by atoms with Gasteiger partial charge in [0.15, 0.2) is 0 Å². The molecule has 0 bridgehead atoms. The molecule has 0 unspecified atom stereocenters. The first kappa shape index (κ1) is 14.9. The normalized spacial score (nSPS) is 14.2. The average Bonchev–Trinajstić information content (AvgIpc) is 2.56. The summed E-state index contributed by atoms with van der Waals surface area (Å²) in [7, 11) is 1.60. The van der Waals surface area contributed by atoms with Crippen LogP contribution in [0.15, 0.2) is 46.0 Å². The van der Waals surface area contributed by atoms with Crippen molar-refractivity contribution in [3.05, 3.63) is 52.0 Å². The van der Waals surface area contributed by atoms with Gasteiger partial charge in [-0.2, -0.15) is 5.10 Å². The number of hydrogen-bond acceptors (Lipinski definition) is 4. The van der Waals surface area contributed by atoms with E-state index in [0.717, 1.165) is 25.1 Å². The van der Waals surface area contributed by atoms with Crippen molar-refractivity contribution in [1.29, 1.82) is 0 Å². The van der Waals surface area contributed by atoms with E-state index >= 15 is 0 Å². The van der Waals surface area contributed by atoms with Crippen LogP contribution in [0, 0.1) is 0 Å². The van der Waals surface area contributed by atoms with Crippen LogP contribution in [0.5, 0.6) is 11.5 Å². The topological polar surface area (TPSA) is 45.1 Å². The van der Waals surface area contributed by atoms with Crippen molar-refractivity contribution in [2.24, 2.45) is 5.10 Å². The predicted octanol–water partition coefficient (Wildman–Crippen LogP) is 3.95. The first-order chi connectivity index (χ1) is 10.7. The molecule has 5 heteroatoms. The number of methoxy groups -OCH3 is 1. The molecule has 2 aromatic carbocycles. The van der Waals surface area contributed by atoms with Gasteiger partial charge in [-0.25, -0.2) is 0 Å². The summed E-state index contributed by atoms with van der Waals surface area (Å²) in [6.45, 7) is 0.874. The summed E-state index contributed by atoms with van der Waals surface area (Å²) in [5, 5.41) is 16.7. The molecule has 0 aromatic heterocycles. The quantitative estimate of drug-likeness (QED) is 0.842. The number of aryl methyl sites for hydroxylation is 1. The van der Waals surface area contributed by atoms with Crippen LogP contribution in [0.4, 0.5) is 5.69 Å². The van der Waals surface area contributed by atoms with E-state index in [1.54, 1.807) is 25.5 Å². The van der Waals surface area contributed by atoms with Crippen LogP contribution in [0.1, 0.15) is 17.5 Å². The molecule has 1 aliphatic heterocycles. The molecule has 0 aliphatic carbocycles. The van der Waals surface area contributed by atoms with Gasteiger partial charge in [-0.15, -0.1) is 0 Å². The first-order valence-electron chi connectivity index (χ1n) is 7.15. The second-order valence-electron chi connectivity index (χ2n) is 5.15. The Bertz CT molecular complexity index is 716. The molecule has 22 heavy (non-hydrogen) atoms. The number of para-hydroxylation sites is 1. The molecule has 1 heterocycles. The summed E-state index contributed by atoms with van der Waals surface area (Å²) in [6, 6.07) is 11.8. The van der Waals surface area contributed by atoms with Crippen molar-refractivity contribution in [1.82, 2.24) is 0 Å². The zero-order chi connectivity index (χ0) is 15.5. The number of nitrogens with zero attached hydrogens (tertiary/aromatic N) is 2. The van der Waals surface area contributed by atoms with Gasteiger partial charge in [-0.05, 0) is 52.5 Å². The number of aromatic hydroxyl groups is 1. The molecule has 2 aromatic rings. The highest BCUT2D eigenvalue weighted by Crippen LogP contribution is 2.32. The van der Waals surface area contributed by atoms with Crippen molar-refractivity contribution in [3.63, 3.8) is 0 Å². The molecule has 4 nitrogen and oxygen atoms in total. The molecule has 0 radical (unpaired) electrons. The third-order valence-electron chi connectivity index (χ3n) is 3.72. The number of rotatable bonds is 3. The number of fused-ring (bicyclic) bond motifs is 1. The molecule has 0 amide bonds. The Morgan fingerprint density at radius 3 is 2.95 bits per heavy atom. The molecular formula is C17H17BrN2O2. The number of phenolic OH excluding ortho intramolecular Hbond substituents is 1. The molecule has 1 aliphatic rings. The predicted molar refractivity (Wildman–Crippen MR) is 92.1 cm³/mol. The van der Waals surface area contributed by atoms with E-state index < -0.39 is 0 Å². The van der Waals surface area contributed by atoms with Crippen LogP contribution in [-0.2, 0) is 6.42 Å². The maximum Gasteiger partial charge on any atom is 0.138 e. The fourth-order valence-electron chi connectivity index (χ4n) is 2.58. The summed E-state index contributed by atoms with van der Waals surface area (Å²) in [4.78, 5) is 0. The summed E-state index contributed by atoms with van der Waals surface area (Å²) in [6.07, 6.45) is 3.82. The number of benzene rings is 2. The number of hydrazone groups is 1. The van der Waals surface area contributed by atoms with E-state index in [0.29, 0.717) is 15.8 Å². The second-order valence-corrected chi connectivity index (χ2v) is 6.00. The molecule has 1 N–H and O–H groups in total. The van der Waals surface area contributed by atoms with E-state index in [9.17, 15) is 5.11 Å². The van der Waals surface area contributed by atoms with Crippen LogP contribution in [0.25, 0.3) is 0 Å². The van der Waals surface area contributed by atoms with Crippen LogP contribution in [0.2, 0.25) is 0 Å².